The maximum absolute atomic E-state index is 13.1. The van der Waals surface area contributed by atoms with Crippen LogP contribution in [0.1, 0.15) is 44.1 Å². The molecule has 0 radical (unpaired) electrons. The van der Waals surface area contributed by atoms with Crippen molar-refractivity contribution in [3.63, 3.8) is 0 Å². The van der Waals surface area contributed by atoms with Gasteiger partial charge < -0.3 is 15.0 Å². The highest BCUT2D eigenvalue weighted by Gasteiger charge is 2.26. The van der Waals surface area contributed by atoms with Gasteiger partial charge in [-0.1, -0.05) is 43.7 Å². The second kappa shape index (κ2) is 11.1. The maximum atomic E-state index is 13.1. The molecule has 6 nitrogen and oxygen atoms in total. The summed E-state index contributed by atoms with van der Waals surface area (Å²) in [5.74, 6) is 2.02. The number of nitrogens with one attached hydrogen (secondary N) is 2. The van der Waals surface area contributed by atoms with Gasteiger partial charge in [-0.25, -0.2) is 4.98 Å². The normalized spacial score (nSPS) is 14.8. The molecule has 0 bridgehead atoms. The number of imidazole rings is 1. The molecule has 2 N–H and O–H groups in total. The van der Waals surface area contributed by atoms with Gasteiger partial charge in [-0.3, -0.25) is 9.69 Å². The van der Waals surface area contributed by atoms with Crippen LogP contribution in [0.4, 0.5) is 5.69 Å². The number of methoxy groups -OCH3 is 1. The Kier molecular flexibility index (Phi) is 7.79. The number of nitrogens with zero attached hydrogens (tertiary/aromatic N) is 2. The molecule has 0 atom stereocenters. The Morgan fingerprint density at radius 1 is 1.18 bits per heavy atom. The number of piperidine rings is 1. The van der Waals surface area contributed by atoms with Crippen LogP contribution in [0.15, 0.2) is 54.7 Å². The fourth-order valence-electron chi connectivity index (χ4n) is 4.42. The van der Waals surface area contributed by atoms with E-state index in [1.54, 1.807) is 7.11 Å². The van der Waals surface area contributed by atoms with Crippen LogP contribution < -0.4 is 10.1 Å². The summed E-state index contributed by atoms with van der Waals surface area (Å²) in [6, 6.07) is 15.9. The number of likely N-dealkylation sites (tertiary alicyclic amines) is 1. The number of aromatic amines is 1. The van der Waals surface area contributed by atoms with Crippen molar-refractivity contribution in [1.82, 2.24) is 14.9 Å². The number of ether oxygens (including phenoxy) is 1. The average Bonchev–Trinajstić information content (AvgIpc) is 3.30. The van der Waals surface area contributed by atoms with Gasteiger partial charge in [0.2, 0.25) is 5.91 Å². The lowest BCUT2D eigenvalue weighted by molar-refractivity contribution is -0.121. The second-order valence-electron chi connectivity index (χ2n) is 8.78. The third-order valence-corrected chi connectivity index (χ3v) is 6.37. The Bertz CT molecular complexity index is 1050. The third kappa shape index (κ3) is 6.02. The molecule has 6 heteroatoms. The Morgan fingerprint density at radius 3 is 2.79 bits per heavy atom. The maximum Gasteiger partial charge on any atom is 0.227 e. The monoisotopic (exact) mass is 446 g/mol. The lowest BCUT2D eigenvalue weighted by Crippen LogP contribution is -2.37. The molecular formula is C27H34N4O2. The average molecular weight is 447 g/mol. The first-order chi connectivity index (χ1) is 16.2. The van der Waals surface area contributed by atoms with Gasteiger partial charge >= 0.3 is 0 Å². The number of carbonyl (C=O) groups is 1. The zero-order valence-corrected chi connectivity index (χ0v) is 19.6. The van der Waals surface area contributed by atoms with Gasteiger partial charge in [0.25, 0.3) is 0 Å². The molecule has 0 spiro atoms. The molecule has 1 amide bonds. The Labute approximate surface area is 196 Å². The van der Waals surface area contributed by atoms with E-state index >= 15 is 0 Å². The molecule has 3 aromatic rings. The van der Waals surface area contributed by atoms with Crippen LogP contribution in [0.25, 0.3) is 11.1 Å². The molecule has 1 saturated heterocycles. The van der Waals surface area contributed by atoms with Gasteiger partial charge in [0.05, 0.1) is 7.11 Å². The number of H-pyrrole nitrogens is 1. The van der Waals surface area contributed by atoms with E-state index in [0.717, 1.165) is 79.4 Å². The number of aromatic nitrogens is 2. The van der Waals surface area contributed by atoms with E-state index in [4.69, 9.17) is 4.74 Å². The first-order valence-corrected chi connectivity index (χ1v) is 12.0. The van der Waals surface area contributed by atoms with Gasteiger partial charge in [-0.2, -0.15) is 0 Å². The number of benzene rings is 2. The standard InChI is InChI=1S/C27H34N4O2/c1-3-4-12-26-28-18-22(29-26)19-31-15-13-20(14-16-31)27(32)30-25-11-6-5-10-24(25)21-8-7-9-23(17-21)33-2/h5-11,17-18,20H,3-4,12-16,19H2,1-2H3,(H,28,29)(H,30,32). The highest BCUT2D eigenvalue weighted by atomic mass is 16.5. The quantitative estimate of drug-likeness (QED) is 0.469. The Balaban J connectivity index is 1.33. The van der Waals surface area contributed by atoms with Crippen LogP contribution in [0.3, 0.4) is 0 Å². The number of para-hydroxylation sites is 1. The summed E-state index contributed by atoms with van der Waals surface area (Å²) in [6.45, 7) is 4.89. The van der Waals surface area contributed by atoms with Crippen molar-refractivity contribution in [2.24, 2.45) is 5.92 Å². The van der Waals surface area contributed by atoms with E-state index in [-0.39, 0.29) is 11.8 Å². The van der Waals surface area contributed by atoms with Gasteiger partial charge in [-0.15, -0.1) is 0 Å². The van der Waals surface area contributed by atoms with Crippen LogP contribution in [0.5, 0.6) is 5.75 Å². The highest BCUT2D eigenvalue weighted by Crippen LogP contribution is 2.31. The zero-order chi connectivity index (χ0) is 23.0. The van der Waals surface area contributed by atoms with E-state index in [1.807, 2.05) is 54.7 Å². The molecule has 0 unspecified atom stereocenters. The number of aryl methyl sites for hydroxylation is 1. The molecule has 2 heterocycles. The summed E-state index contributed by atoms with van der Waals surface area (Å²) in [4.78, 5) is 23.4. The molecular weight excluding hydrogens is 412 g/mol. The minimum Gasteiger partial charge on any atom is -0.497 e. The van der Waals surface area contributed by atoms with Crippen molar-refractivity contribution < 1.29 is 9.53 Å². The summed E-state index contributed by atoms with van der Waals surface area (Å²) in [5.41, 5.74) is 4.03. The molecule has 1 aliphatic heterocycles. The van der Waals surface area contributed by atoms with Gasteiger partial charge in [0.1, 0.15) is 11.6 Å². The lowest BCUT2D eigenvalue weighted by atomic mass is 9.95. The van der Waals surface area contributed by atoms with Crippen molar-refractivity contribution in [2.75, 3.05) is 25.5 Å². The molecule has 1 aliphatic rings. The predicted octanol–water partition coefficient (Wildman–Crippen LogP) is 5.28. The van der Waals surface area contributed by atoms with Crippen molar-refractivity contribution in [3.8, 4) is 16.9 Å². The summed E-state index contributed by atoms with van der Waals surface area (Å²) >= 11 is 0. The van der Waals surface area contributed by atoms with Crippen molar-refractivity contribution in [2.45, 2.75) is 45.6 Å². The number of carbonyl (C=O) groups excluding carboxylic acids is 1. The fourth-order valence-corrected chi connectivity index (χ4v) is 4.42. The predicted molar refractivity (Wildman–Crippen MR) is 132 cm³/mol. The SMILES string of the molecule is CCCCc1ncc(CN2CCC(C(=O)Nc3ccccc3-c3cccc(OC)c3)CC2)[nH]1. The van der Waals surface area contributed by atoms with Gasteiger partial charge in [0.15, 0.2) is 0 Å². The van der Waals surface area contributed by atoms with Gasteiger partial charge in [0, 0.05) is 42.0 Å². The van der Waals surface area contributed by atoms with Crippen LogP contribution in [-0.4, -0.2) is 41.0 Å². The number of amides is 1. The first kappa shape index (κ1) is 23.1. The molecule has 0 aliphatic carbocycles. The number of hydrogen-bond donors (Lipinski definition) is 2. The Morgan fingerprint density at radius 2 is 2.00 bits per heavy atom. The minimum atomic E-state index is 0.0292. The smallest absolute Gasteiger partial charge is 0.227 e. The molecule has 33 heavy (non-hydrogen) atoms. The summed E-state index contributed by atoms with van der Waals surface area (Å²) < 4.78 is 5.37. The van der Waals surface area contributed by atoms with E-state index < -0.39 is 0 Å². The zero-order valence-electron chi connectivity index (χ0n) is 19.6. The van der Waals surface area contributed by atoms with E-state index in [2.05, 4.69) is 27.1 Å². The third-order valence-electron chi connectivity index (χ3n) is 6.37. The first-order valence-electron chi connectivity index (χ1n) is 12.0. The van der Waals surface area contributed by atoms with Crippen LogP contribution in [0, 0.1) is 5.92 Å². The van der Waals surface area contributed by atoms with Crippen molar-refractivity contribution in [3.05, 3.63) is 66.2 Å². The molecule has 174 valence electrons. The highest BCUT2D eigenvalue weighted by molar-refractivity contribution is 5.96. The summed E-state index contributed by atoms with van der Waals surface area (Å²) in [5, 5.41) is 3.19. The van der Waals surface area contributed by atoms with Crippen molar-refractivity contribution >= 4 is 11.6 Å². The number of hydrogen-bond acceptors (Lipinski definition) is 4. The fraction of sp³-hybridized carbons (Fsp3) is 0.407. The molecule has 1 aromatic heterocycles. The minimum absolute atomic E-state index is 0.0292. The van der Waals surface area contributed by atoms with Crippen molar-refractivity contribution in [1.29, 1.82) is 0 Å². The van der Waals surface area contributed by atoms with Crippen LogP contribution in [0.2, 0.25) is 0 Å². The summed E-state index contributed by atoms with van der Waals surface area (Å²) in [7, 11) is 1.66. The number of anilines is 1. The molecule has 4 rings (SSSR count). The van der Waals surface area contributed by atoms with Crippen LogP contribution >= 0.6 is 0 Å². The Hall–Kier alpha value is -3.12. The molecule has 1 fully saturated rings. The summed E-state index contributed by atoms with van der Waals surface area (Å²) in [6.07, 6.45) is 7.04. The van der Waals surface area contributed by atoms with E-state index in [0.29, 0.717) is 0 Å². The largest absolute Gasteiger partial charge is 0.497 e. The molecule has 0 saturated carbocycles. The van der Waals surface area contributed by atoms with Gasteiger partial charge in [-0.05, 0) is 56.1 Å². The topological polar surface area (TPSA) is 70.2 Å². The number of rotatable bonds is 9. The number of unbranched alkanes of at least 4 members (excludes halogenated alkanes) is 1. The second-order valence-corrected chi connectivity index (χ2v) is 8.78. The van der Waals surface area contributed by atoms with E-state index in [1.165, 1.54) is 6.42 Å². The lowest BCUT2D eigenvalue weighted by Gasteiger charge is -2.31. The molecule has 2 aromatic carbocycles. The van der Waals surface area contributed by atoms with E-state index in [9.17, 15) is 4.79 Å². The van der Waals surface area contributed by atoms with Crippen LogP contribution in [-0.2, 0) is 17.8 Å².